The van der Waals surface area contributed by atoms with Crippen molar-refractivity contribution in [2.24, 2.45) is 0 Å². The fourth-order valence-electron chi connectivity index (χ4n) is 0.0945. The van der Waals surface area contributed by atoms with Gasteiger partial charge in [-0.1, -0.05) is 13.5 Å². The first-order chi connectivity index (χ1) is 4.22. The van der Waals surface area contributed by atoms with Crippen molar-refractivity contribution >= 4 is 0 Å². The van der Waals surface area contributed by atoms with E-state index in [9.17, 15) is 8.78 Å². The Hall–Kier alpha value is -0.400. The number of alkyl halides is 2. The van der Waals surface area contributed by atoms with Crippen molar-refractivity contribution in [3.05, 3.63) is 12.2 Å². The lowest BCUT2D eigenvalue weighted by molar-refractivity contribution is 0.527. The van der Waals surface area contributed by atoms with E-state index >= 15 is 0 Å². The van der Waals surface area contributed by atoms with E-state index in [1.54, 1.807) is 0 Å². The molecule has 0 unspecified atom stereocenters. The van der Waals surface area contributed by atoms with Crippen LogP contribution in [0.5, 0.6) is 0 Å². The average molecular weight is 136 g/mol. The van der Waals surface area contributed by atoms with Crippen molar-refractivity contribution < 1.29 is 8.78 Å². The van der Waals surface area contributed by atoms with Crippen LogP contribution >= 0.6 is 0 Å². The van der Waals surface area contributed by atoms with E-state index in [4.69, 9.17) is 0 Å². The van der Waals surface area contributed by atoms with Crippen LogP contribution in [0.15, 0.2) is 12.2 Å². The highest BCUT2D eigenvalue weighted by molar-refractivity contribution is 4.91. The minimum atomic E-state index is -0.365. The molecule has 0 fully saturated rings. The molecular weight excluding hydrogens is 122 g/mol. The van der Waals surface area contributed by atoms with E-state index in [2.05, 4.69) is 6.58 Å². The van der Waals surface area contributed by atoms with Gasteiger partial charge in [0, 0.05) is 0 Å². The van der Waals surface area contributed by atoms with Crippen molar-refractivity contribution in [1.29, 1.82) is 0 Å². The highest BCUT2D eigenvalue weighted by Crippen LogP contribution is 1.93. The van der Waals surface area contributed by atoms with Gasteiger partial charge in [-0.15, -0.1) is 0 Å². The van der Waals surface area contributed by atoms with Crippen LogP contribution < -0.4 is 0 Å². The Morgan fingerprint density at radius 3 is 1.67 bits per heavy atom. The Kier molecular flexibility index (Phi) is 13.4. The molecule has 0 spiro atoms. The zero-order valence-electron chi connectivity index (χ0n) is 6.08. The molecule has 0 saturated heterocycles. The van der Waals surface area contributed by atoms with E-state index in [1.165, 1.54) is 6.92 Å². The number of halogens is 2. The lowest BCUT2D eigenvalue weighted by atomic mass is 10.3. The Morgan fingerprint density at radius 2 is 1.67 bits per heavy atom. The molecule has 0 radical (unpaired) electrons. The van der Waals surface area contributed by atoms with E-state index in [0.717, 1.165) is 6.42 Å². The van der Waals surface area contributed by atoms with Gasteiger partial charge < -0.3 is 0 Å². The van der Waals surface area contributed by atoms with Crippen LogP contribution in [-0.2, 0) is 0 Å². The summed E-state index contributed by atoms with van der Waals surface area (Å²) in [5.74, 6) is 0. The summed E-state index contributed by atoms with van der Waals surface area (Å²) in [5.41, 5.74) is 0.676. The molecular formula is C7H14F2. The molecule has 0 aromatic rings. The highest BCUT2D eigenvalue weighted by atomic mass is 19.1. The van der Waals surface area contributed by atoms with Crippen LogP contribution in [0.25, 0.3) is 0 Å². The first-order valence-electron chi connectivity index (χ1n) is 3.01. The molecule has 0 aliphatic heterocycles. The average Bonchev–Trinajstić information content (AvgIpc) is 1.88. The fourth-order valence-corrected chi connectivity index (χ4v) is 0.0945. The Labute approximate surface area is 55.6 Å². The third-order valence-corrected chi connectivity index (χ3v) is 0.689. The van der Waals surface area contributed by atoms with E-state index in [0.29, 0.717) is 5.57 Å². The molecule has 9 heavy (non-hydrogen) atoms. The molecule has 0 atom stereocenters. The summed E-state index contributed by atoms with van der Waals surface area (Å²) in [6.07, 6.45) is 0.760. The third-order valence-electron chi connectivity index (χ3n) is 0.689. The van der Waals surface area contributed by atoms with Gasteiger partial charge in [0.15, 0.2) is 0 Å². The van der Waals surface area contributed by atoms with Crippen LogP contribution in [0.2, 0.25) is 0 Å². The molecule has 2 heteroatoms. The van der Waals surface area contributed by atoms with Crippen LogP contribution in [-0.4, -0.2) is 13.3 Å². The maximum atomic E-state index is 11.3. The Bertz CT molecular complexity index is 53.9. The zero-order valence-corrected chi connectivity index (χ0v) is 6.08. The van der Waals surface area contributed by atoms with Crippen LogP contribution in [0.1, 0.15) is 20.3 Å². The molecule has 0 nitrogen and oxygen atoms in total. The van der Waals surface area contributed by atoms with Crippen molar-refractivity contribution in [3.8, 4) is 0 Å². The van der Waals surface area contributed by atoms with E-state index in [-0.39, 0.29) is 13.3 Å². The quantitative estimate of drug-likeness (QED) is 0.512. The number of hydrogen-bond acceptors (Lipinski definition) is 0. The monoisotopic (exact) mass is 136 g/mol. The lowest BCUT2D eigenvalue weighted by Gasteiger charge is -1.86. The number of hydrogen-bond donors (Lipinski definition) is 0. The van der Waals surface area contributed by atoms with Gasteiger partial charge in [-0.2, -0.15) is 0 Å². The molecule has 0 aromatic heterocycles. The van der Waals surface area contributed by atoms with Crippen molar-refractivity contribution in [2.75, 3.05) is 13.3 Å². The largest absolute Gasteiger partial charge is 0.251 e. The summed E-state index contributed by atoms with van der Waals surface area (Å²) in [7, 11) is 0. The third kappa shape index (κ3) is 18.4. The minimum absolute atomic E-state index is 0.250. The van der Waals surface area contributed by atoms with Gasteiger partial charge >= 0.3 is 0 Å². The predicted octanol–water partition coefficient (Wildman–Crippen LogP) is 2.90. The van der Waals surface area contributed by atoms with E-state index < -0.39 is 0 Å². The minimum Gasteiger partial charge on any atom is -0.251 e. The molecule has 0 bridgehead atoms. The van der Waals surface area contributed by atoms with Crippen molar-refractivity contribution in [1.82, 2.24) is 0 Å². The van der Waals surface area contributed by atoms with Crippen molar-refractivity contribution in [3.63, 3.8) is 0 Å². The van der Waals surface area contributed by atoms with E-state index in [1.807, 2.05) is 6.92 Å². The number of allylic oxidation sites excluding steroid dienone is 1. The predicted molar refractivity (Wildman–Crippen MR) is 37.1 cm³/mol. The maximum Gasteiger partial charge on any atom is 0.110 e. The lowest BCUT2D eigenvalue weighted by Crippen LogP contribution is -1.75. The standard InChI is InChI=1S/C5H9F.C2H5F/c1-3-5(2)4-6;1-2-3/h2-4H2,1H3;2H2,1H3. The topological polar surface area (TPSA) is 0 Å². The molecule has 0 aliphatic rings. The van der Waals surface area contributed by atoms with Gasteiger partial charge in [-0.3, -0.25) is 4.39 Å². The summed E-state index contributed by atoms with van der Waals surface area (Å²) in [4.78, 5) is 0. The first kappa shape index (κ1) is 11.4. The summed E-state index contributed by atoms with van der Waals surface area (Å²) >= 11 is 0. The Balaban J connectivity index is 0. The van der Waals surface area contributed by atoms with Gasteiger partial charge in [0.1, 0.15) is 6.67 Å². The zero-order chi connectivity index (χ0) is 7.70. The summed E-state index contributed by atoms with van der Waals surface area (Å²) < 4.78 is 21.6. The van der Waals surface area contributed by atoms with Gasteiger partial charge in [0.05, 0.1) is 6.67 Å². The summed E-state index contributed by atoms with van der Waals surface area (Å²) in [6.45, 7) is 6.15. The van der Waals surface area contributed by atoms with Gasteiger partial charge in [-0.25, -0.2) is 4.39 Å². The van der Waals surface area contributed by atoms with Gasteiger partial charge in [0.25, 0.3) is 0 Å². The summed E-state index contributed by atoms with van der Waals surface area (Å²) in [6, 6.07) is 0. The summed E-state index contributed by atoms with van der Waals surface area (Å²) in [5, 5.41) is 0. The molecule has 0 heterocycles. The van der Waals surface area contributed by atoms with Gasteiger partial charge in [-0.05, 0) is 18.9 Å². The van der Waals surface area contributed by atoms with Crippen molar-refractivity contribution in [2.45, 2.75) is 20.3 Å². The highest BCUT2D eigenvalue weighted by Gasteiger charge is 1.81. The molecule has 0 aliphatic carbocycles. The molecule has 0 amide bonds. The number of rotatable bonds is 2. The van der Waals surface area contributed by atoms with Crippen LogP contribution in [0.4, 0.5) is 8.78 Å². The fraction of sp³-hybridized carbons (Fsp3) is 0.714. The molecule has 0 rings (SSSR count). The second kappa shape index (κ2) is 10.6. The molecule has 0 aromatic carbocycles. The van der Waals surface area contributed by atoms with Crippen LogP contribution in [0.3, 0.4) is 0 Å². The molecule has 56 valence electrons. The first-order valence-corrected chi connectivity index (χ1v) is 3.01. The maximum absolute atomic E-state index is 11.3. The van der Waals surface area contributed by atoms with Gasteiger partial charge in [0.2, 0.25) is 0 Å². The molecule has 0 saturated carbocycles. The normalized spacial score (nSPS) is 7.56. The SMILES string of the molecule is C=C(CC)CF.CCF. The second-order valence-corrected chi connectivity index (χ2v) is 1.50. The smallest absolute Gasteiger partial charge is 0.110 e. The second-order valence-electron chi connectivity index (χ2n) is 1.50. The van der Waals surface area contributed by atoms with Crippen LogP contribution in [0, 0.1) is 0 Å². The molecule has 0 N–H and O–H groups in total. The Morgan fingerprint density at radius 1 is 1.33 bits per heavy atom.